The molecule has 0 radical (unpaired) electrons. The van der Waals surface area contributed by atoms with Gasteiger partial charge in [-0.25, -0.2) is 14.6 Å². The number of amides is 1. The molecule has 1 aliphatic rings. The van der Waals surface area contributed by atoms with Crippen LogP contribution in [0.1, 0.15) is 24.0 Å². The molecular formula is C25H22N6O2. The van der Waals surface area contributed by atoms with E-state index >= 15 is 0 Å². The quantitative estimate of drug-likeness (QED) is 0.478. The molecule has 2 N–H and O–H groups in total. The van der Waals surface area contributed by atoms with Crippen molar-refractivity contribution < 1.29 is 4.79 Å². The maximum atomic E-state index is 12.2. The predicted octanol–water partition coefficient (Wildman–Crippen LogP) is 2.91. The molecule has 0 unspecified atom stereocenters. The highest BCUT2D eigenvalue weighted by molar-refractivity contribution is 5.99. The molecule has 0 spiro atoms. The Labute approximate surface area is 190 Å². The minimum absolute atomic E-state index is 0.00907. The van der Waals surface area contributed by atoms with Gasteiger partial charge in [0.25, 0.3) is 5.56 Å². The Morgan fingerprint density at radius 2 is 1.85 bits per heavy atom. The maximum absolute atomic E-state index is 12.2. The summed E-state index contributed by atoms with van der Waals surface area (Å²) < 4.78 is 3.31. The van der Waals surface area contributed by atoms with E-state index in [1.54, 1.807) is 35.0 Å². The lowest BCUT2D eigenvalue weighted by Crippen LogP contribution is -2.18. The van der Waals surface area contributed by atoms with Gasteiger partial charge in [0.1, 0.15) is 11.6 Å². The van der Waals surface area contributed by atoms with Crippen LogP contribution >= 0.6 is 0 Å². The lowest BCUT2D eigenvalue weighted by Gasteiger charge is -2.09. The number of aryl methyl sites for hydroxylation is 1. The third-order valence-corrected chi connectivity index (χ3v) is 5.62. The number of aromatic nitrogens is 4. The fourth-order valence-corrected chi connectivity index (χ4v) is 3.68. The van der Waals surface area contributed by atoms with Gasteiger partial charge in [0.15, 0.2) is 0 Å². The number of anilines is 2. The number of hydrogen-bond donors (Lipinski definition) is 2. The first-order chi connectivity index (χ1) is 16.0. The Balaban J connectivity index is 1.48. The zero-order valence-corrected chi connectivity index (χ0v) is 18.3. The molecule has 33 heavy (non-hydrogen) atoms. The summed E-state index contributed by atoms with van der Waals surface area (Å²) in [5, 5.41) is 7.65. The number of hydrogen-bond acceptors (Lipinski definition) is 5. The highest BCUT2D eigenvalue weighted by atomic mass is 16.2. The number of nitrogens with zero attached hydrogens (tertiary/aromatic N) is 4. The van der Waals surface area contributed by atoms with E-state index < -0.39 is 0 Å². The SMILES string of the molecule is CNc1ncc(C#Cc2ccc(-n3c(=O)ccn3C)cc2)c2cc(NC(=O)C3CC3)ncc12. The van der Waals surface area contributed by atoms with Crippen LogP contribution in [-0.2, 0) is 11.8 Å². The molecule has 3 aromatic heterocycles. The van der Waals surface area contributed by atoms with Crippen molar-refractivity contribution in [2.24, 2.45) is 13.0 Å². The van der Waals surface area contributed by atoms with E-state index in [9.17, 15) is 9.59 Å². The van der Waals surface area contributed by atoms with Crippen molar-refractivity contribution in [1.29, 1.82) is 0 Å². The molecule has 8 nitrogen and oxygen atoms in total. The van der Waals surface area contributed by atoms with Crippen molar-refractivity contribution in [2.45, 2.75) is 12.8 Å². The minimum Gasteiger partial charge on any atom is -0.373 e. The molecule has 3 heterocycles. The van der Waals surface area contributed by atoms with E-state index in [4.69, 9.17) is 0 Å². The average Bonchev–Trinajstić information content (AvgIpc) is 3.63. The van der Waals surface area contributed by atoms with Gasteiger partial charge in [-0.2, -0.15) is 0 Å². The van der Waals surface area contributed by atoms with Crippen LogP contribution in [0.2, 0.25) is 0 Å². The molecule has 5 rings (SSSR count). The summed E-state index contributed by atoms with van der Waals surface area (Å²) in [7, 11) is 3.62. The summed E-state index contributed by atoms with van der Waals surface area (Å²) in [5.41, 5.74) is 2.22. The smallest absolute Gasteiger partial charge is 0.271 e. The first-order valence-electron chi connectivity index (χ1n) is 10.7. The molecule has 1 amide bonds. The van der Waals surface area contributed by atoms with Gasteiger partial charge in [0, 0.05) is 61.0 Å². The van der Waals surface area contributed by atoms with Gasteiger partial charge < -0.3 is 10.6 Å². The Hall–Kier alpha value is -4.38. The van der Waals surface area contributed by atoms with E-state index in [1.807, 2.05) is 37.4 Å². The highest BCUT2D eigenvalue weighted by Crippen LogP contribution is 2.31. The standard InChI is InChI=1S/C25H22N6O2/c1-26-24-21-15-27-22(29-25(33)17-7-8-17)13-20(21)18(14-28-24)6-3-16-4-9-19(10-5-16)31-23(32)11-12-30(31)2/h4-5,9-15,17H,7-8H2,1-2H3,(H,26,28)(H,27,29,33). The molecule has 0 bridgehead atoms. The van der Waals surface area contributed by atoms with Crippen LogP contribution in [0.15, 0.2) is 59.8 Å². The van der Waals surface area contributed by atoms with Crippen LogP contribution in [-0.4, -0.2) is 32.3 Å². The Morgan fingerprint density at radius 1 is 1.06 bits per heavy atom. The Kier molecular flexibility index (Phi) is 5.15. The first-order valence-corrected chi connectivity index (χ1v) is 10.7. The Bertz CT molecular complexity index is 1480. The summed E-state index contributed by atoms with van der Waals surface area (Å²) in [6, 6.07) is 10.8. The summed E-state index contributed by atoms with van der Waals surface area (Å²) in [6.45, 7) is 0. The molecule has 1 aromatic carbocycles. The zero-order valence-electron chi connectivity index (χ0n) is 18.3. The summed E-state index contributed by atoms with van der Waals surface area (Å²) >= 11 is 0. The van der Waals surface area contributed by atoms with Crippen molar-refractivity contribution in [1.82, 2.24) is 19.3 Å². The summed E-state index contributed by atoms with van der Waals surface area (Å²) in [5.74, 6) is 7.67. The van der Waals surface area contributed by atoms with E-state index in [-0.39, 0.29) is 17.4 Å². The number of carbonyl (C=O) groups excluding carboxylic acids is 1. The molecule has 0 saturated heterocycles. The van der Waals surface area contributed by atoms with E-state index in [0.29, 0.717) is 11.6 Å². The number of carbonyl (C=O) groups is 1. The number of fused-ring (bicyclic) bond motifs is 1. The molecule has 4 aromatic rings. The van der Waals surface area contributed by atoms with Crippen molar-refractivity contribution >= 4 is 28.3 Å². The van der Waals surface area contributed by atoms with Crippen molar-refractivity contribution in [2.75, 3.05) is 17.7 Å². The molecule has 0 atom stereocenters. The third-order valence-electron chi connectivity index (χ3n) is 5.62. The van der Waals surface area contributed by atoms with Crippen LogP contribution < -0.4 is 16.2 Å². The second-order valence-electron chi connectivity index (χ2n) is 7.99. The average molecular weight is 438 g/mol. The van der Waals surface area contributed by atoms with E-state index in [0.717, 1.165) is 40.4 Å². The molecule has 1 saturated carbocycles. The van der Waals surface area contributed by atoms with Gasteiger partial charge in [0.2, 0.25) is 5.91 Å². The van der Waals surface area contributed by atoms with Crippen LogP contribution in [0.3, 0.4) is 0 Å². The van der Waals surface area contributed by atoms with Crippen LogP contribution in [0.5, 0.6) is 0 Å². The predicted molar refractivity (Wildman–Crippen MR) is 127 cm³/mol. The van der Waals surface area contributed by atoms with Gasteiger partial charge in [0.05, 0.1) is 11.3 Å². The number of benzene rings is 1. The van der Waals surface area contributed by atoms with Crippen molar-refractivity contribution in [3.05, 3.63) is 76.5 Å². The van der Waals surface area contributed by atoms with Gasteiger partial charge in [-0.05, 0) is 43.2 Å². The number of pyridine rings is 2. The lowest BCUT2D eigenvalue weighted by atomic mass is 10.1. The fourth-order valence-electron chi connectivity index (χ4n) is 3.68. The second kappa shape index (κ2) is 8.28. The first kappa shape index (κ1) is 20.5. The zero-order chi connectivity index (χ0) is 22.9. The van der Waals surface area contributed by atoms with Gasteiger partial charge >= 0.3 is 0 Å². The van der Waals surface area contributed by atoms with E-state index in [1.165, 1.54) is 6.07 Å². The summed E-state index contributed by atoms with van der Waals surface area (Å²) in [4.78, 5) is 33.0. The van der Waals surface area contributed by atoms with Crippen molar-refractivity contribution in [3.63, 3.8) is 0 Å². The normalized spacial score (nSPS) is 12.8. The van der Waals surface area contributed by atoms with E-state index in [2.05, 4.69) is 32.4 Å². The third kappa shape index (κ3) is 4.08. The van der Waals surface area contributed by atoms with Crippen molar-refractivity contribution in [3.8, 4) is 17.5 Å². The van der Waals surface area contributed by atoms with Crippen LogP contribution in [0.25, 0.3) is 16.5 Å². The van der Waals surface area contributed by atoms with Gasteiger partial charge in [-0.3, -0.25) is 14.3 Å². The number of nitrogens with one attached hydrogen (secondary N) is 2. The second-order valence-corrected chi connectivity index (χ2v) is 7.99. The molecule has 164 valence electrons. The monoisotopic (exact) mass is 438 g/mol. The van der Waals surface area contributed by atoms with Gasteiger partial charge in [-0.1, -0.05) is 11.8 Å². The highest BCUT2D eigenvalue weighted by Gasteiger charge is 2.29. The number of rotatable bonds is 4. The molecule has 8 heteroatoms. The Morgan fingerprint density at radius 3 is 2.52 bits per heavy atom. The lowest BCUT2D eigenvalue weighted by molar-refractivity contribution is -0.117. The van der Waals surface area contributed by atoms with Gasteiger partial charge in [-0.15, -0.1) is 0 Å². The molecule has 0 aliphatic heterocycles. The van der Waals surface area contributed by atoms with Crippen LogP contribution in [0, 0.1) is 17.8 Å². The van der Waals surface area contributed by atoms with Crippen LogP contribution in [0.4, 0.5) is 11.6 Å². The largest absolute Gasteiger partial charge is 0.373 e. The fraction of sp³-hybridized carbons (Fsp3) is 0.200. The molecule has 1 aliphatic carbocycles. The minimum atomic E-state index is -0.0864. The molecule has 1 fully saturated rings. The molecular weight excluding hydrogens is 416 g/mol. The maximum Gasteiger partial charge on any atom is 0.271 e. The topological polar surface area (TPSA) is 93.8 Å². The summed E-state index contributed by atoms with van der Waals surface area (Å²) in [6.07, 6.45) is 7.00.